The Labute approximate surface area is 119 Å². The van der Waals surface area contributed by atoms with Gasteiger partial charge in [0.25, 0.3) is 0 Å². The maximum Gasteiger partial charge on any atom is 0.161 e. The van der Waals surface area contributed by atoms with Crippen molar-refractivity contribution in [1.29, 1.82) is 0 Å². The number of piperidine rings is 1. The highest BCUT2D eigenvalue weighted by atomic mass is 35.5. The second-order valence-electron chi connectivity index (χ2n) is 5.61. The Morgan fingerprint density at radius 1 is 1.37 bits per heavy atom. The first-order chi connectivity index (χ1) is 9.24. The van der Waals surface area contributed by atoms with Crippen LogP contribution >= 0.6 is 11.6 Å². The lowest BCUT2D eigenvalue weighted by molar-refractivity contribution is 0.208. The number of anilines is 1. The average Bonchev–Trinajstić information content (AvgIpc) is 2.41. The summed E-state index contributed by atoms with van der Waals surface area (Å²) in [5.74, 6) is 1.63. The fourth-order valence-electron chi connectivity index (χ4n) is 3.06. The van der Waals surface area contributed by atoms with Crippen LogP contribution in [-0.2, 0) is 0 Å². The lowest BCUT2D eigenvalue weighted by atomic mass is 9.97. The van der Waals surface area contributed by atoms with E-state index in [1.165, 1.54) is 12.8 Å². The molecule has 1 aromatic rings. The molecule has 0 saturated carbocycles. The van der Waals surface area contributed by atoms with Crippen LogP contribution in [0, 0.1) is 5.92 Å². The van der Waals surface area contributed by atoms with Crippen molar-refractivity contribution >= 4 is 17.3 Å². The second-order valence-corrected chi connectivity index (χ2v) is 6.02. The topological polar surface area (TPSA) is 24.5 Å². The SMILES string of the molecule is CC1CN(CC2CCNCC2)c2cccc(Cl)c2O1. The molecule has 2 heterocycles. The van der Waals surface area contributed by atoms with Crippen LogP contribution < -0.4 is 15.0 Å². The fourth-order valence-corrected chi connectivity index (χ4v) is 3.27. The molecule has 1 N–H and O–H groups in total. The number of nitrogens with zero attached hydrogens (tertiary/aromatic N) is 1. The Hall–Kier alpha value is -0.930. The Morgan fingerprint density at radius 3 is 2.95 bits per heavy atom. The summed E-state index contributed by atoms with van der Waals surface area (Å²) in [6.45, 7) is 6.47. The molecule has 3 nitrogen and oxygen atoms in total. The first-order valence-corrected chi connectivity index (χ1v) is 7.52. The maximum absolute atomic E-state index is 6.25. The highest BCUT2D eigenvalue weighted by Gasteiger charge is 2.27. The van der Waals surface area contributed by atoms with Crippen molar-refractivity contribution in [1.82, 2.24) is 5.32 Å². The highest BCUT2D eigenvalue weighted by molar-refractivity contribution is 6.32. The zero-order valence-corrected chi connectivity index (χ0v) is 12.1. The monoisotopic (exact) mass is 280 g/mol. The summed E-state index contributed by atoms with van der Waals surface area (Å²) >= 11 is 6.25. The maximum atomic E-state index is 6.25. The van der Waals surface area contributed by atoms with Crippen molar-refractivity contribution in [2.75, 3.05) is 31.1 Å². The molecule has 0 radical (unpaired) electrons. The van der Waals surface area contributed by atoms with Crippen LogP contribution in [0.3, 0.4) is 0 Å². The highest BCUT2D eigenvalue weighted by Crippen LogP contribution is 2.39. The Morgan fingerprint density at radius 2 is 2.16 bits per heavy atom. The smallest absolute Gasteiger partial charge is 0.161 e. The molecule has 2 aliphatic heterocycles. The number of ether oxygens (including phenoxy) is 1. The summed E-state index contributed by atoms with van der Waals surface area (Å²) in [6.07, 6.45) is 2.73. The molecular formula is C15H21ClN2O. The van der Waals surface area contributed by atoms with Crippen LogP contribution in [0.25, 0.3) is 0 Å². The lowest BCUT2D eigenvalue weighted by Gasteiger charge is -2.38. The number of benzene rings is 1. The first-order valence-electron chi connectivity index (χ1n) is 7.15. The van der Waals surface area contributed by atoms with Gasteiger partial charge in [-0.25, -0.2) is 0 Å². The minimum atomic E-state index is 0.203. The van der Waals surface area contributed by atoms with E-state index in [0.717, 1.165) is 48.6 Å². The van der Waals surface area contributed by atoms with Crippen LogP contribution in [0.5, 0.6) is 5.75 Å². The van der Waals surface area contributed by atoms with Crippen LogP contribution in [0.1, 0.15) is 19.8 Å². The molecule has 0 aromatic heterocycles. The van der Waals surface area contributed by atoms with Gasteiger partial charge in [-0.2, -0.15) is 0 Å². The van der Waals surface area contributed by atoms with Gasteiger partial charge < -0.3 is 15.0 Å². The van der Waals surface area contributed by atoms with E-state index in [1.54, 1.807) is 0 Å². The van der Waals surface area contributed by atoms with E-state index < -0.39 is 0 Å². The summed E-state index contributed by atoms with van der Waals surface area (Å²) < 4.78 is 5.90. The predicted molar refractivity (Wildman–Crippen MR) is 79.3 cm³/mol. The number of halogens is 1. The van der Waals surface area contributed by atoms with E-state index in [4.69, 9.17) is 16.3 Å². The largest absolute Gasteiger partial charge is 0.485 e. The molecule has 2 aliphatic rings. The molecule has 0 bridgehead atoms. The van der Waals surface area contributed by atoms with E-state index in [1.807, 2.05) is 12.1 Å². The van der Waals surface area contributed by atoms with Gasteiger partial charge in [0.1, 0.15) is 6.10 Å². The lowest BCUT2D eigenvalue weighted by Crippen LogP contribution is -2.43. The van der Waals surface area contributed by atoms with Gasteiger partial charge >= 0.3 is 0 Å². The molecule has 0 aliphatic carbocycles. The van der Waals surface area contributed by atoms with Crippen LogP contribution in [0.2, 0.25) is 5.02 Å². The minimum Gasteiger partial charge on any atom is -0.485 e. The zero-order chi connectivity index (χ0) is 13.2. The zero-order valence-electron chi connectivity index (χ0n) is 11.4. The van der Waals surface area contributed by atoms with Gasteiger partial charge in [-0.05, 0) is 50.9 Å². The molecule has 0 spiro atoms. The third-order valence-electron chi connectivity index (χ3n) is 4.02. The number of hydrogen-bond acceptors (Lipinski definition) is 3. The molecule has 4 heteroatoms. The number of para-hydroxylation sites is 1. The Balaban J connectivity index is 1.80. The molecule has 0 amide bonds. The number of fused-ring (bicyclic) bond motifs is 1. The first kappa shape index (κ1) is 13.1. The summed E-state index contributed by atoms with van der Waals surface area (Å²) in [6, 6.07) is 6.03. The van der Waals surface area contributed by atoms with Gasteiger partial charge in [0.2, 0.25) is 0 Å². The van der Waals surface area contributed by atoms with E-state index in [2.05, 4.69) is 23.2 Å². The van der Waals surface area contributed by atoms with Gasteiger partial charge in [-0.3, -0.25) is 0 Å². The summed E-state index contributed by atoms with van der Waals surface area (Å²) in [4.78, 5) is 2.45. The molecule has 1 saturated heterocycles. The third kappa shape index (κ3) is 2.82. The molecule has 1 aromatic carbocycles. The van der Waals surface area contributed by atoms with Crippen molar-refractivity contribution in [3.8, 4) is 5.75 Å². The molecule has 1 atom stereocenters. The average molecular weight is 281 g/mol. The second kappa shape index (κ2) is 5.59. The molecule has 104 valence electrons. The normalized spacial score (nSPS) is 23.9. The van der Waals surface area contributed by atoms with Crippen LogP contribution in [0.4, 0.5) is 5.69 Å². The molecule has 1 unspecified atom stereocenters. The Kier molecular flexibility index (Phi) is 3.85. The number of hydrogen-bond donors (Lipinski definition) is 1. The standard InChI is InChI=1S/C15H21ClN2O/c1-11-9-18(10-12-5-7-17-8-6-12)14-4-2-3-13(16)15(14)19-11/h2-4,11-12,17H,5-10H2,1H3. The molecular weight excluding hydrogens is 260 g/mol. The van der Waals surface area contributed by atoms with Gasteiger partial charge in [0, 0.05) is 6.54 Å². The summed E-state index contributed by atoms with van der Waals surface area (Å²) in [7, 11) is 0. The quantitative estimate of drug-likeness (QED) is 0.901. The third-order valence-corrected chi connectivity index (χ3v) is 4.32. The van der Waals surface area contributed by atoms with Crippen molar-refractivity contribution in [2.24, 2.45) is 5.92 Å². The van der Waals surface area contributed by atoms with Crippen molar-refractivity contribution in [3.05, 3.63) is 23.2 Å². The Bertz CT molecular complexity index is 446. The predicted octanol–water partition coefficient (Wildman–Crippen LogP) is 2.93. The van der Waals surface area contributed by atoms with Gasteiger partial charge in [-0.15, -0.1) is 0 Å². The number of rotatable bonds is 2. The fraction of sp³-hybridized carbons (Fsp3) is 0.600. The van der Waals surface area contributed by atoms with E-state index in [0.29, 0.717) is 0 Å². The summed E-state index contributed by atoms with van der Waals surface area (Å²) in [5.41, 5.74) is 1.16. The van der Waals surface area contributed by atoms with Gasteiger partial charge in [0.15, 0.2) is 5.75 Å². The molecule has 19 heavy (non-hydrogen) atoms. The van der Waals surface area contributed by atoms with Crippen LogP contribution in [0.15, 0.2) is 18.2 Å². The van der Waals surface area contributed by atoms with Crippen LogP contribution in [-0.4, -0.2) is 32.3 Å². The van der Waals surface area contributed by atoms with E-state index in [-0.39, 0.29) is 6.10 Å². The van der Waals surface area contributed by atoms with Crippen molar-refractivity contribution < 1.29 is 4.74 Å². The summed E-state index contributed by atoms with van der Waals surface area (Å²) in [5, 5.41) is 4.15. The minimum absolute atomic E-state index is 0.203. The van der Waals surface area contributed by atoms with Gasteiger partial charge in [-0.1, -0.05) is 17.7 Å². The van der Waals surface area contributed by atoms with Crippen molar-refractivity contribution in [2.45, 2.75) is 25.9 Å². The van der Waals surface area contributed by atoms with E-state index in [9.17, 15) is 0 Å². The van der Waals surface area contributed by atoms with Crippen molar-refractivity contribution in [3.63, 3.8) is 0 Å². The molecule has 1 fully saturated rings. The number of nitrogens with one attached hydrogen (secondary N) is 1. The molecule has 3 rings (SSSR count). The van der Waals surface area contributed by atoms with Gasteiger partial charge in [0.05, 0.1) is 17.3 Å². The van der Waals surface area contributed by atoms with E-state index >= 15 is 0 Å².